The van der Waals surface area contributed by atoms with E-state index in [4.69, 9.17) is 0 Å². The molecule has 1 atom stereocenters. The predicted octanol–water partition coefficient (Wildman–Crippen LogP) is 3.17. The average molecular weight is 250 g/mol. The zero-order chi connectivity index (χ0) is 12.4. The Morgan fingerprint density at radius 1 is 1.11 bits per heavy atom. The van der Waals surface area contributed by atoms with Crippen LogP contribution in [0.25, 0.3) is 0 Å². The van der Waals surface area contributed by atoms with Crippen molar-refractivity contribution in [2.45, 2.75) is 75.8 Å². The van der Waals surface area contributed by atoms with Crippen LogP contribution in [0.3, 0.4) is 0 Å². The average Bonchev–Trinajstić information content (AvgIpc) is 2.88. The van der Waals surface area contributed by atoms with E-state index in [1.807, 2.05) is 0 Å². The van der Waals surface area contributed by atoms with Gasteiger partial charge in [0.1, 0.15) is 0 Å². The highest BCUT2D eigenvalue weighted by molar-refractivity contribution is 5.04. The van der Waals surface area contributed by atoms with Gasteiger partial charge in [-0.1, -0.05) is 25.7 Å². The standard InChI is InChI=1S/C16H30N2/c1-17-15(9-8-14-6-7-14)16(10-2-3-11-16)18-12-4-5-13-18/h14-15,17H,2-13H2,1H3. The summed E-state index contributed by atoms with van der Waals surface area (Å²) in [4.78, 5) is 2.86. The minimum Gasteiger partial charge on any atom is -0.315 e. The zero-order valence-electron chi connectivity index (χ0n) is 12.1. The third kappa shape index (κ3) is 2.46. The summed E-state index contributed by atoms with van der Waals surface area (Å²) in [6.45, 7) is 2.73. The number of likely N-dealkylation sites (tertiary alicyclic amines) is 1. The fourth-order valence-corrected chi connectivity index (χ4v) is 4.53. The van der Waals surface area contributed by atoms with Crippen LogP contribution in [0.2, 0.25) is 0 Å². The van der Waals surface area contributed by atoms with Crippen LogP contribution in [0, 0.1) is 5.92 Å². The van der Waals surface area contributed by atoms with Crippen molar-refractivity contribution in [2.75, 3.05) is 20.1 Å². The van der Waals surface area contributed by atoms with Crippen LogP contribution in [0.4, 0.5) is 0 Å². The van der Waals surface area contributed by atoms with Crippen LogP contribution in [0.15, 0.2) is 0 Å². The van der Waals surface area contributed by atoms with Crippen LogP contribution in [-0.2, 0) is 0 Å². The lowest BCUT2D eigenvalue weighted by Crippen LogP contribution is -2.58. The van der Waals surface area contributed by atoms with Gasteiger partial charge in [0.25, 0.3) is 0 Å². The second-order valence-electron chi connectivity index (χ2n) is 6.87. The van der Waals surface area contributed by atoms with Gasteiger partial charge in [0.05, 0.1) is 0 Å². The summed E-state index contributed by atoms with van der Waals surface area (Å²) in [6.07, 6.45) is 14.6. The normalized spacial score (nSPS) is 29.8. The Bertz CT molecular complexity index is 260. The van der Waals surface area contributed by atoms with E-state index in [9.17, 15) is 0 Å². The van der Waals surface area contributed by atoms with Crippen molar-refractivity contribution in [2.24, 2.45) is 5.92 Å². The van der Waals surface area contributed by atoms with Crippen molar-refractivity contribution in [3.8, 4) is 0 Å². The van der Waals surface area contributed by atoms with Gasteiger partial charge in [-0.05, 0) is 64.6 Å². The van der Waals surface area contributed by atoms with Crippen LogP contribution in [0.5, 0.6) is 0 Å². The first-order chi connectivity index (χ1) is 8.85. The first-order valence-corrected chi connectivity index (χ1v) is 8.27. The molecule has 1 N–H and O–H groups in total. The Morgan fingerprint density at radius 2 is 1.78 bits per heavy atom. The molecule has 0 radical (unpaired) electrons. The van der Waals surface area contributed by atoms with Crippen LogP contribution in [0.1, 0.15) is 64.2 Å². The van der Waals surface area contributed by atoms with E-state index in [0.717, 1.165) is 12.0 Å². The summed E-state index contributed by atoms with van der Waals surface area (Å²) in [7, 11) is 2.20. The van der Waals surface area contributed by atoms with Gasteiger partial charge in [-0.2, -0.15) is 0 Å². The number of hydrogen-bond donors (Lipinski definition) is 1. The second-order valence-corrected chi connectivity index (χ2v) is 6.87. The number of nitrogens with one attached hydrogen (secondary N) is 1. The molecule has 18 heavy (non-hydrogen) atoms. The van der Waals surface area contributed by atoms with Gasteiger partial charge < -0.3 is 5.32 Å². The fourth-order valence-electron chi connectivity index (χ4n) is 4.53. The lowest BCUT2D eigenvalue weighted by molar-refractivity contribution is 0.0747. The predicted molar refractivity (Wildman–Crippen MR) is 76.8 cm³/mol. The molecule has 0 amide bonds. The Morgan fingerprint density at radius 3 is 2.33 bits per heavy atom. The van der Waals surface area contributed by atoms with Gasteiger partial charge >= 0.3 is 0 Å². The molecule has 2 saturated carbocycles. The van der Waals surface area contributed by atoms with E-state index in [1.54, 1.807) is 0 Å². The first kappa shape index (κ1) is 12.9. The fraction of sp³-hybridized carbons (Fsp3) is 1.00. The zero-order valence-corrected chi connectivity index (χ0v) is 12.1. The highest BCUT2D eigenvalue weighted by Crippen LogP contribution is 2.43. The molecular formula is C16H30N2. The molecule has 2 heteroatoms. The molecule has 3 fully saturated rings. The summed E-state index contributed by atoms with van der Waals surface area (Å²) in [5, 5.41) is 3.70. The van der Waals surface area contributed by atoms with Crippen LogP contribution < -0.4 is 5.32 Å². The van der Waals surface area contributed by atoms with E-state index < -0.39 is 0 Å². The molecule has 1 saturated heterocycles. The largest absolute Gasteiger partial charge is 0.315 e. The molecule has 0 bridgehead atoms. The molecule has 3 rings (SSSR count). The summed E-state index contributed by atoms with van der Waals surface area (Å²) in [5.41, 5.74) is 0.528. The van der Waals surface area contributed by atoms with Crippen molar-refractivity contribution in [1.29, 1.82) is 0 Å². The molecule has 104 valence electrons. The van der Waals surface area contributed by atoms with Gasteiger partial charge in [0, 0.05) is 11.6 Å². The number of hydrogen-bond acceptors (Lipinski definition) is 2. The third-order valence-electron chi connectivity index (χ3n) is 5.76. The molecule has 1 aliphatic heterocycles. The smallest absolute Gasteiger partial charge is 0.0362 e. The maximum absolute atomic E-state index is 3.70. The van der Waals surface area contributed by atoms with E-state index in [-0.39, 0.29) is 0 Å². The summed E-state index contributed by atoms with van der Waals surface area (Å²) in [6, 6.07) is 0.749. The lowest BCUT2D eigenvalue weighted by atomic mass is 9.83. The van der Waals surface area contributed by atoms with E-state index in [1.165, 1.54) is 77.3 Å². The van der Waals surface area contributed by atoms with Crippen LogP contribution in [-0.4, -0.2) is 36.6 Å². The topological polar surface area (TPSA) is 15.3 Å². The van der Waals surface area contributed by atoms with E-state index in [2.05, 4.69) is 17.3 Å². The van der Waals surface area contributed by atoms with Crippen molar-refractivity contribution >= 4 is 0 Å². The number of likely N-dealkylation sites (N-methyl/N-ethyl adjacent to an activating group) is 1. The summed E-state index contributed by atoms with van der Waals surface area (Å²) < 4.78 is 0. The first-order valence-electron chi connectivity index (χ1n) is 8.27. The van der Waals surface area contributed by atoms with Gasteiger partial charge in [0.15, 0.2) is 0 Å². The van der Waals surface area contributed by atoms with Crippen molar-refractivity contribution in [3.63, 3.8) is 0 Å². The highest BCUT2D eigenvalue weighted by atomic mass is 15.2. The number of rotatable bonds is 6. The molecule has 1 unspecified atom stereocenters. The Hall–Kier alpha value is -0.0800. The second kappa shape index (κ2) is 5.50. The minimum absolute atomic E-state index is 0.528. The molecule has 3 aliphatic rings. The maximum atomic E-state index is 3.70. The molecule has 0 aromatic rings. The third-order valence-corrected chi connectivity index (χ3v) is 5.76. The maximum Gasteiger partial charge on any atom is 0.0362 e. The molecule has 0 spiro atoms. The highest BCUT2D eigenvalue weighted by Gasteiger charge is 2.46. The molecule has 0 aromatic carbocycles. The molecule has 2 nitrogen and oxygen atoms in total. The molecule has 1 heterocycles. The SMILES string of the molecule is CNC(CCC1CC1)C1(N2CCCC2)CCCC1. The molecule has 2 aliphatic carbocycles. The lowest BCUT2D eigenvalue weighted by Gasteiger charge is -2.45. The van der Waals surface area contributed by atoms with Crippen molar-refractivity contribution in [3.05, 3.63) is 0 Å². The summed E-state index contributed by atoms with van der Waals surface area (Å²) in [5.74, 6) is 1.08. The Kier molecular flexibility index (Phi) is 3.95. The van der Waals surface area contributed by atoms with Gasteiger partial charge in [0.2, 0.25) is 0 Å². The molecular weight excluding hydrogens is 220 g/mol. The minimum atomic E-state index is 0.528. The Balaban J connectivity index is 1.68. The monoisotopic (exact) mass is 250 g/mol. The van der Waals surface area contributed by atoms with E-state index >= 15 is 0 Å². The quantitative estimate of drug-likeness (QED) is 0.779. The van der Waals surface area contributed by atoms with Crippen molar-refractivity contribution in [1.82, 2.24) is 10.2 Å². The summed E-state index contributed by atoms with van der Waals surface area (Å²) >= 11 is 0. The number of nitrogens with zero attached hydrogens (tertiary/aromatic N) is 1. The van der Waals surface area contributed by atoms with E-state index in [0.29, 0.717) is 5.54 Å². The Labute approximate surface area is 113 Å². The van der Waals surface area contributed by atoms with Gasteiger partial charge in [-0.25, -0.2) is 0 Å². The van der Waals surface area contributed by atoms with Crippen molar-refractivity contribution < 1.29 is 0 Å². The van der Waals surface area contributed by atoms with Crippen LogP contribution >= 0.6 is 0 Å². The van der Waals surface area contributed by atoms with Gasteiger partial charge in [-0.15, -0.1) is 0 Å². The van der Waals surface area contributed by atoms with Gasteiger partial charge in [-0.3, -0.25) is 4.90 Å². The molecule has 0 aromatic heterocycles.